The monoisotopic (exact) mass is 278 g/mol. The summed E-state index contributed by atoms with van der Waals surface area (Å²) in [7, 11) is 2.98. The summed E-state index contributed by atoms with van der Waals surface area (Å²) in [6.45, 7) is 3.93. The lowest BCUT2D eigenvalue weighted by molar-refractivity contribution is -0.175. The quantitative estimate of drug-likeness (QED) is 0.859. The van der Waals surface area contributed by atoms with Gasteiger partial charge in [-0.2, -0.15) is 0 Å². The first kappa shape index (κ1) is 14.9. The zero-order valence-electron chi connectivity index (χ0n) is 12.5. The van der Waals surface area contributed by atoms with Crippen LogP contribution in [-0.2, 0) is 14.9 Å². The van der Waals surface area contributed by atoms with Crippen LogP contribution in [0, 0.1) is 5.92 Å². The summed E-state index contributed by atoms with van der Waals surface area (Å²) in [6, 6.07) is 7.42. The van der Waals surface area contributed by atoms with Crippen LogP contribution in [0.3, 0.4) is 0 Å². The Balaban J connectivity index is 2.38. The van der Waals surface area contributed by atoms with Crippen molar-refractivity contribution >= 4 is 5.97 Å². The molecule has 0 unspecified atom stereocenters. The van der Waals surface area contributed by atoms with E-state index < -0.39 is 11.0 Å². The Morgan fingerprint density at radius 3 is 2.45 bits per heavy atom. The van der Waals surface area contributed by atoms with Crippen molar-refractivity contribution in [3.63, 3.8) is 0 Å². The van der Waals surface area contributed by atoms with E-state index in [0.29, 0.717) is 18.6 Å². The number of hydrogen-bond acceptors (Lipinski definition) is 4. The summed E-state index contributed by atoms with van der Waals surface area (Å²) in [5, 5.41) is 10.5. The van der Waals surface area contributed by atoms with Gasteiger partial charge in [0.05, 0.1) is 25.2 Å². The normalized spacial score (nSPS) is 28.9. The second-order valence-electron chi connectivity index (χ2n) is 5.92. The number of rotatable bonds is 4. The van der Waals surface area contributed by atoms with Crippen LogP contribution >= 0.6 is 0 Å². The van der Waals surface area contributed by atoms with Gasteiger partial charge in [-0.1, -0.05) is 26.0 Å². The maximum absolute atomic E-state index is 12.3. The van der Waals surface area contributed by atoms with Crippen LogP contribution in [0.4, 0.5) is 0 Å². The van der Waals surface area contributed by atoms with Gasteiger partial charge >= 0.3 is 5.97 Å². The van der Waals surface area contributed by atoms with Gasteiger partial charge in [0.1, 0.15) is 5.75 Å². The molecule has 1 aromatic carbocycles. The number of hydrogen-bond donors (Lipinski definition) is 1. The fourth-order valence-electron chi connectivity index (χ4n) is 2.98. The van der Waals surface area contributed by atoms with Crippen molar-refractivity contribution < 1.29 is 19.4 Å². The first-order valence-corrected chi connectivity index (χ1v) is 6.83. The lowest BCUT2D eigenvalue weighted by Gasteiger charge is -2.53. The molecular weight excluding hydrogens is 256 g/mol. The number of carbonyl (C=O) groups excluding carboxylic acids is 1. The highest BCUT2D eigenvalue weighted by Gasteiger charge is 2.61. The molecular formula is C16H22O4. The fourth-order valence-corrected chi connectivity index (χ4v) is 2.98. The lowest BCUT2D eigenvalue weighted by Crippen LogP contribution is -2.61. The van der Waals surface area contributed by atoms with Crippen LogP contribution < -0.4 is 4.74 Å². The molecule has 20 heavy (non-hydrogen) atoms. The topological polar surface area (TPSA) is 55.8 Å². The minimum absolute atomic E-state index is 0.103. The number of esters is 1. The summed E-state index contributed by atoms with van der Waals surface area (Å²) >= 11 is 0. The van der Waals surface area contributed by atoms with Gasteiger partial charge in [0.15, 0.2) is 0 Å². The second-order valence-corrected chi connectivity index (χ2v) is 5.92. The average Bonchev–Trinajstić information content (AvgIpc) is 2.42. The smallest absolute Gasteiger partial charge is 0.316 e. The van der Waals surface area contributed by atoms with Crippen LogP contribution in [0.2, 0.25) is 0 Å². The summed E-state index contributed by atoms with van der Waals surface area (Å²) in [6.07, 6.45) is 0.773. The van der Waals surface area contributed by atoms with Crippen LogP contribution in [0.5, 0.6) is 5.75 Å². The summed E-state index contributed by atoms with van der Waals surface area (Å²) in [5.41, 5.74) is -0.728. The van der Waals surface area contributed by atoms with Gasteiger partial charge in [-0.3, -0.25) is 4.79 Å². The van der Waals surface area contributed by atoms with Crippen molar-refractivity contribution in [1.29, 1.82) is 0 Å². The summed E-state index contributed by atoms with van der Waals surface area (Å²) in [5.74, 6) is 0.507. The highest BCUT2D eigenvalue weighted by molar-refractivity contribution is 5.85. The molecule has 1 N–H and O–H groups in total. The zero-order valence-corrected chi connectivity index (χ0v) is 12.5. The van der Waals surface area contributed by atoms with Gasteiger partial charge in [0.25, 0.3) is 0 Å². The number of aliphatic hydroxyl groups is 1. The maximum Gasteiger partial charge on any atom is 0.316 e. The summed E-state index contributed by atoms with van der Waals surface area (Å²) < 4.78 is 10.2. The van der Waals surface area contributed by atoms with Crippen molar-refractivity contribution in [2.24, 2.45) is 5.92 Å². The first-order valence-electron chi connectivity index (χ1n) is 6.83. The first-order chi connectivity index (χ1) is 9.38. The van der Waals surface area contributed by atoms with Crippen LogP contribution in [0.25, 0.3) is 0 Å². The van der Waals surface area contributed by atoms with Crippen LogP contribution in [0.15, 0.2) is 24.3 Å². The molecule has 4 heteroatoms. The van der Waals surface area contributed by atoms with Crippen LogP contribution in [-0.4, -0.2) is 30.9 Å². The van der Waals surface area contributed by atoms with E-state index in [0.717, 1.165) is 5.56 Å². The molecule has 0 atom stereocenters. The van der Waals surface area contributed by atoms with Crippen molar-refractivity contribution in [3.05, 3.63) is 29.8 Å². The minimum Gasteiger partial charge on any atom is -0.497 e. The average molecular weight is 278 g/mol. The van der Waals surface area contributed by atoms with Crippen molar-refractivity contribution in [2.75, 3.05) is 14.2 Å². The molecule has 2 rings (SSSR count). The molecule has 1 aliphatic carbocycles. The Labute approximate surface area is 119 Å². The van der Waals surface area contributed by atoms with E-state index in [9.17, 15) is 9.90 Å². The lowest BCUT2D eigenvalue weighted by atomic mass is 9.53. The Morgan fingerprint density at radius 1 is 1.30 bits per heavy atom. The predicted molar refractivity (Wildman–Crippen MR) is 75.7 cm³/mol. The Kier molecular flexibility index (Phi) is 3.78. The number of ether oxygens (including phenoxy) is 2. The molecule has 1 aromatic rings. The molecule has 0 heterocycles. The third kappa shape index (κ3) is 2.18. The van der Waals surface area contributed by atoms with Crippen molar-refractivity contribution in [1.82, 2.24) is 0 Å². The fraction of sp³-hybridized carbons (Fsp3) is 0.562. The molecule has 0 saturated heterocycles. The van der Waals surface area contributed by atoms with E-state index in [4.69, 9.17) is 9.47 Å². The largest absolute Gasteiger partial charge is 0.497 e. The highest BCUT2D eigenvalue weighted by Crippen LogP contribution is 2.54. The van der Waals surface area contributed by atoms with E-state index >= 15 is 0 Å². The zero-order chi connectivity index (χ0) is 15.0. The molecule has 0 bridgehead atoms. The van der Waals surface area contributed by atoms with Crippen molar-refractivity contribution in [2.45, 2.75) is 37.7 Å². The maximum atomic E-state index is 12.3. The molecule has 0 radical (unpaired) electrons. The predicted octanol–water partition coefficient (Wildman–Crippen LogP) is 2.29. The van der Waals surface area contributed by atoms with Gasteiger partial charge in [-0.25, -0.2) is 0 Å². The third-order valence-electron chi connectivity index (χ3n) is 4.49. The molecule has 1 fully saturated rings. The summed E-state index contributed by atoms with van der Waals surface area (Å²) in [4.78, 5) is 12.3. The molecule has 0 amide bonds. The molecule has 110 valence electrons. The van der Waals surface area contributed by atoms with Gasteiger partial charge in [-0.05, 0) is 36.5 Å². The minimum atomic E-state index is -0.808. The van der Waals surface area contributed by atoms with E-state index in [2.05, 4.69) is 0 Å². The Bertz CT molecular complexity index is 501. The molecule has 1 saturated carbocycles. The number of carbonyl (C=O) groups is 1. The second kappa shape index (κ2) is 5.09. The molecule has 4 nitrogen and oxygen atoms in total. The van der Waals surface area contributed by atoms with E-state index in [1.165, 1.54) is 7.11 Å². The highest BCUT2D eigenvalue weighted by atomic mass is 16.5. The van der Waals surface area contributed by atoms with Gasteiger partial charge < -0.3 is 14.6 Å². The number of benzene rings is 1. The molecule has 1 aliphatic rings. The van der Waals surface area contributed by atoms with E-state index in [1.54, 1.807) is 7.11 Å². The van der Waals surface area contributed by atoms with Gasteiger partial charge in [-0.15, -0.1) is 0 Å². The molecule has 0 aromatic heterocycles. The van der Waals surface area contributed by atoms with Crippen molar-refractivity contribution in [3.8, 4) is 5.75 Å². The number of methoxy groups -OCH3 is 2. The van der Waals surface area contributed by atoms with E-state index in [1.807, 2.05) is 38.1 Å². The van der Waals surface area contributed by atoms with Gasteiger partial charge in [0, 0.05) is 0 Å². The van der Waals surface area contributed by atoms with Crippen LogP contribution in [0.1, 0.15) is 32.3 Å². The third-order valence-corrected chi connectivity index (χ3v) is 4.49. The SMILES string of the molecule is COC(=O)C1(c2cccc(OC)c2)CC(O)(C(C)C)C1. The Hall–Kier alpha value is -1.55. The van der Waals surface area contributed by atoms with Gasteiger partial charge in [0.2, 0.25) is 0 Å². The molecule has 0 spiro atoms. The molecule has 0 aliphatic heterocycles. The van der Waals surface area contributed by atoms with E-state index in [-0.39, 0.29) is 11.9 Å². The Morgan fingerprint density at radius 2 is 1.95 bits per heavy atom. The standard InChI is InChI=1S/C16H22O4/c1-11(2)16(18)9-15(10-16,14(17)20-4)12-6-5-7-13(8-12)19-3/h5-8,11,18H,9-10H2,1-4H3.